The van der Waals surface area contributed by atoms with E-state index in [1.807, 2.05) is 5.32 Å². The van der Waals surface area contributed by atoms with Crippen molar-refractivity contribution >= 4 is 11.4 Å². The van der Waals surface area contributed by atoms with E-state index in [9.17, 15) is 27.2 Å². The van der Waals surface area contributed by atoms with E-state index in [1.54, 1.807) is 19.1 Å². The zero-order valence-corrected chi connectivity index (χ0v) is 16.8. The Kier molecular flexibility index (Phi) is 4.45. The van der Waals surface area contributed by atoms with Gasteiger partial charge in [-0.15, -0.1) is 0 Å². The number of aromatic amines is 1. The molecule has 2 aromatic heterocycles. The van der Waals surface area contributed by atoms with Crippen LogP contribution in [0.1, 0.15) is 40.4 Å². The van der Waals surface area contributed by atoms with Gasteiger partial charge in [0.05, 0.1) is 25.1 Å². The van der Waals surface area contributed by atoms with Gasteiger partial charge in [-0.05, 0) is 37.3 Å². The molecule has 1 aliphatic heterocycles. The van der Waals surface area contributed by atoms with E-state index in [0.717, 1.165) is 0 Å². The van der Waals surface area contributed by atoms with Crippen LogP contribution in [-0.2, 0) is 4.74 Å². The summed E-state index contributed by atoms with van der Waals surface area (Å²) in [5.41, 5.74) is -1.75. The van der Waals surface area contributed by atoms with Crippen molar-refractivity contribution in [3.05, 3.63) is 57.4 Å². The van der Waals surface area contributed by atoms with Crippen molar-refractivity contribution in [3.8, 4) is 11.3 Å². The van der Waals surface area contributed by atoms with Crippen LogP contribution in [0.5, 0.6) is 0 Å². The van der Waals surface area contributed by atoms with E-state index in [4.69, 9.17) is 4.74 Å². The van der Waals surface area contributed by atoms with Gasteiger partial charge in [-0.25, -0.2) is 8.91 Å². The van der Waals surface area contributed by atoms with Crippen LogP contribution in [0.25, 0.3) is 16.8 Å². The molecule has 0 atom stereocenters. The molecule has 5 rings (SSSR count). The summed E-state index contributed by atoms with van der Waals surface area (Å²) in [6.07, 6.45) is -1.88. The number of aromatic nitrogens is 3. The van der Waals surface area contributed by atoms with Gasteiger partial charge in [-0.2, -0.15) is 18.3 Å². The fourth-order valence-electron chi connectivity index (χ4n) is 3.83. The Balaban J connectivity index is 1.60. The standard InChI is InChI=1S/C21H18F4N4O3/c1-10-2-3-12(6-13(10)22)14-7-29-17(19(31)26-14)15(11-4-5-11)16(28-29)18(30)27-20(8-32-9-20)21(23,24)25/h2-3,6-7,11H,4-5,8-9H2,1H3,(H,26,31)(H,27,30). The highest BCUT2D eigenvalue weighted by atomic mass is 19.4. The largest absolute Gasteiger partial charge is 0.416 e. The Hall–Kier alpha value is -3.21. The van der Waals surface area contributed by atoms with Crippen LogP contribution >= 0.6 is 0 Å². The van der Waals surface area contributed by atoms with Crippen molar-refractivity contribution in [2.45, 2.75) is 37.4 Å². The summed E-state index contributed by atoms with van der Waals surface area (Å²) in [6, 6.07) is 4.44. The zero-order chi connectivity index (χ0) is 22.8. The molecule has 0 bridgehead atoms. The summed E-state index contributed by atoms with van der Waals surface area (Å²) < 4.78 is 60.3. The first-order valence-corrected chi connectivity index (χ1v) is 9.99. The summed E-state index contributed by atoms with van der Waals surface area (Å²) in [7, 11) is 0. The molecule has 7 nitrogen and oxygen atoms in total. The van der Waals surface area contributed by atoms with Crippen LogP contribution < -0.4 is 10.9 Å². The molecular formula is C21H18F4N4O3. The average Bonchev–Trinajstić information content (AvgIpc) is 3.45. The predicted molar refractivity (Wildman–Crippen MR) is 105 cm³/mol. The van der Waals surface area contributed by atoms with Crippen molar-refractivity contribution in [1.82, 2.24) is 19.9 Å². The molecule has 0 spiro atoms. The number of halogens is 4. The van der Waals surface area contributed by atoms with Crippen LogP contribution in [0.4, 0.5) is 17.6 Å². The third-order valence-electron chi connectivity index (χ3n) is 5.94. The first kappa shape index (κ1) is 20.7. The quantitative estimate of drug-likeness (QED) is 0.598. The second-order valence-corrected chi connectivity index (χ2v) is 8.32. The van der Waals surface area contributed by atoms with Crippen LogP contribution in [0.2, 0.25) is 0 Å². The van der Waals surface area contributed by atoms with Crippen molar-refractivity contribution in [1.29, 1.82) is 0 Å². The highest BCUT2D eigenvalue weighted by molar-refractivity contribution is 5.97. The van der Waals surface area contributed by atoms with Crippen LogP contribution in [0.3, 0.4) is 0 Å². The predicted octanol–water partition coefficient (Wildman–Crippen LogP) is 3.08. The lowest BCUT2D eigenvalue weighted by atomic mass is 9.96. The number of benzene rings is 1. The molecule has 1 aromatic carbocycles. The molecule has 1 saturated heterocycles. The Morgan fingerprint density at radius 1 is 1.31 bits per heavy atom. The normalized spacial score (nSPS) is 17.9. The second kappa shape index (κ2) is 6.89. The molecule has 0 unspecified atom stereocenters. The van der Waals surface area contributed by atoms with Gasteiger partial charge >= 0.3 is 6.18 Å². The van der Waals surface area contributed by atoms with E-state index in [0.29, 0.717) is 29.5 Å². The number of fused-ring (bicyclic) bond motifs is 1. The zero-order valence-electron chi connectivity index (χ0n) is 16.8. The van der Waals surface area contributed by atoms with E-state index < -0.39 is 42.2 Å². The van der Waals surface area contributed by atoms with Crippen molar-refractivity contribution in [2.75, 3.05) is 13.2 Å². The summed E-state index contributed by atoms with van der Waals surface area (Å²) in [6.45, 7) is 0.238. The van der Waals surface area contributed by atoms with Crippen molar-refractivity contribution in [3.63, 3.8) is 0 Å². The fourth-order valence-corrected chi connectivity index (χ4v) is 3.83. The van der Waals surface area contributed by atoms with Gasteiger partial charge < -0.3 is 15.0 Å². The number of hydrogen-bond donors (Lipinski definition) is 2. The number of aryl methyl sites for hydroxylation is 1. The van der Waals surface area contributed by atoms with Crippen LogP contribution in [-0.4, -0.2) is 45.4 Å². The summed E-state index contributed by atoms with van der Waals surface area (Å²) >= 11 is 0. The molecule has 3 aromatic rings. The maximum atomic E-state index is 14.0. The molecule has 168 valence electrons. The lowest BCUT2D eigenvalue weighted by Crippen LogP contribution is -2.70. The lowest BCUT2D eigenvalue weighted by Gasteiger charge is -2.42. The van der Waals surface area contributed by atoms with Crippen LogP contribution in [0.15, 0.2) is 29.2 Å². The highest BCUT2D eigenvalue weighted by Gasteiger charge is 2.61. The SMILES string of the molecule is Cc1ccc(-c2cn3nc(C(=O)NC4(C(F)(F)F)COC4)c(C4CC4)c3c(=O)[nH]2)cc1F. The van der Waals surface area contributed by atoms with Gasteiger partial charge in [0.15, 0.2) is 11.2 Å². The lowest BCUT2D eigenvalue weighted by molar-refractivity contribution is -0.263. The van der Waals surface area contributed by atoms with Gasteiger partial charge in [0.2, 0.25) is 0 Å². The smallest absolute Gasteiger partial charge is 0.376 e. The molecule has 32 heavy (non-hydrogen) atoms. The molecule has 1 saturated carbocycles. The first-order valence-electron chi connectivity index (χ1n) is 9.99. The van der Waals surface area contributed by atoms with Gasteiger partial charge in [0.25, 0.3) is 11.5 Å². The summed E-state index contributed by atoms with van der Waals surface area (Å²) in [4.78, 5) is 28.4. The van der Waals surface area contributed by atoms with Crippen molar-refractivity contribution < 1.29 is 27.1 Å². The number of H-pyrrole nitrogens is 1. The molecule has 2 N–H and O–H groups in total. The summed E-state index contributed by atoms with van der Waals surface area (Å²) in [5.74, 6) is -1.61. The minimum atomic E-state index is -4.69. The number of nitrogens with one attached hydrogen (secondary N) is 2. The molecule has 0 radical (unpaired) electrons. The molecule has 3 heterocycles. The van der Waals surface area contributed by atoms with E-state index in [-0.39, 0.29) is 22.8 Å². The highest BCUT2D eigenvalue weighted by Crippen LogP contribution is 2.44. The Morgan fingerprint density at radius 2 is 2.03 bits per heavy atom. The fraction of sp³-hybridized carbons (Fsp3) is 0.381. The molecule has 1 amide bonds. The minimum absolute atomic E-state index is 0.0971. The molecule has 2 fully saturated rings. The first-order chi connectivity index (χ1) is 15.1. The third-order valence-corrected chi connectivity index (χ3v) is 5.94. The van der Waals surface area contributed by atoms with E-state index >= 15 is 0 Å². The monoisotopic (exact) mass is 450 g/mol. The number of hydrogen-bond acceptors (Lipinski definition) is 4. The second-order valence-electron chi connectivity index (χ2n) is 8.32. The van der Waals surface area contributed by atoms with Gasteiger partial charge in [0.1, 0.15) is 11.3 Å². The minimum Gasteiger partial charge on any atom is -0.376 e. The molecule has 11 heteroatoms. The van der Waals surface area contributed by atoms with Gasteiger partial charge in [-0.1, -0.05) is 12.1 Å². The Morgan fingerprint density at radius 3 is 2.59 bits per heavy atom. The third kappa shape index (κ3) is 3.19. The molecule has 2 aliphatic rings. The number of ether oxygens (including phenoxy) is 1. The number of alkyl halides is 3. The molecule has 1 aliphatic carbocycles. The van der Waals surface area contributed by atoms with E-state index in [2.05, 4.69) is 10.1 Å². The number of amides is 1. The maximum absolute atomic E-state index is 14.0. The summed E-state index contributed by atoms with van der Waals surface area (Å²) in [5, 5.41) is 6.19. The topological polar surface area (TPSA) is 88.5 Å². The Bertz CT molecular complexity index is 1300. The van der Waals surface area contributed by atoms with Crippen LogP contribution in [0, 0.1) is 12.7 Å². The maximum Gasteiger partial charge on any atom is 0.416 e. The van der Waals surface area contributed by atoms with Gasteiger partial charge in [0, 0.05) is 11.1 Å². The molecular weight excluding hydrogens is 432 g/mol. The van der Waals surface area contributed by atoms with Gasteiger partial charge in [-0.3, -0.25) is 9.59 Å². The Labute approximate surface area is 178 Å². The number of nitrogens with zero attached hydrogens (tertiary/aromatic N) is 2. The average molecular weight is 450 g/mol. The van der Waals surface area contributed by atoms with E-state index in [1.165, 1.54) is 16.8 Å². The number of carbonyl (C=O) groups excluding carboxylic acids is 1. The number of rotatable bonds is 4. The number of carbonyl (C=O) groups is 1. The van der Waals surface area contributed by atoms with Crippen molar-refractivity contribution in [2.24, 2.45) is 0 Å².